The number of carbonyl (C=O) groups is 1. The van der Waals surface area contributed by atoms with Crippen molar-refractivity contribution in [2.45, 2.75) is 18.6 Å². The molecule has 1 fully saturated rings. The lowest BCUT2D eigenvalue weighted by molar-refractivity contribution is -0.141. The fourth-order valence-electron chi connectivity index (χ4n) is 3.54. The molecule has 1 atom stereocenters. The molecule has 1 aliphatic rings. The predicted octanol–water partition coefficient (Wildman–Crippen LogP) is 4.67. The monoisotopic (exact) mass is 457 g/mol. The Morgan fingerprint density at radius 3 is 2.55 bits per heavy atom. The predicted molar refractivity (Wildman–Crippen MR) is 116 cm³/mol. The van der Waals surface area contributed by atoms with Gasteiger partial charge in [0, 0.05) is 30.9 Å². The third kappa shape index (κ3) is 6.15. The molecule has 0 bridgehead atoms. The maximum absolute atomic E-state index is 12.7. The number of ether oxygens (including phenoxy) is 2. The molecule has 1 saturated heterocycles. The zero-order valence-electron chi connectivity index (χ0n) is 17.6. The van der Waals surface area contributed by atoms with Crippen LogP contribution in [0.4, 0.5) is 18.9 Å². The van der Waals surface area contributed by atoms with Crippen LogP contribution >= 0.6 is 0 Å². The van der Waals surface area contributed by atoms with E-state index in [1.54, 1.807) is 24.3 Å². The van der Waals surface area contributed by atoms with E-state index in [9.17, 15) is 18.0 Å². The molecule has 1 unspecified atom stereocenters. The minimum Gasteiger partial charge on any atom is -0.484 e. The summed E-state index contributed by atoms with van der Waals surface area (Å²) in [5.41, 5.74) is -0.0763. The second-order valence-electron chi connectivity index (χ2n) is 7.58. The second-order valence-corrected chi connectivity index (χ2v) is 7.58. The average molecular weight is 457 g/mol. The molecule has 0 aliphatic carbocycles. The highest BCUT2D eigenvalue weighted by atomic mass is 19.4. The summed E-state index contributed by atoms with van der Waals surface area (Å²) in [6.07, 6.45) is -2.66. The zero-order chi connectivity index (χ0) is 23.3. The molecule has 172 valence electrons. The van der Waals surface area contributed by atoms with Crippen LogP contribution in [0, 0.1) is 0 Å². The fourth-order valence-corrected chi connectivity index (χ4v) is 3.54. The molecule has 9 heteroatoms. The Bertz CT molecular complexity index is 1080. The van der Waals surface area contributed by atoms with E-state index in [1.165, 1.54) is 6.07 Å². The van der Waals surface area contributed by atoms with Crippen molar-refractivity contribution in [3.63, 3.8) is 0 Å². The van der Waals surface area contributed by atoms with Crippen LogP contribution in [0.2, 0.25) is 0 Å². The van der Waals surface area contributed by atoms with Crippen LogP contribution in [-0.2, 0) is 11.0 Å². The summed E-state index contributed by atoms with van der Waals surface area (Å²) >= 11 is 0. The van der Waals surface area contributed by atoms with Crippen molar-refractivity contribution in [2.75, 3.05) is 24.6 Å². The van der Waals surface area contributed by atoms with E-state index in [-0.39, 0.29) is 24.3 Å². The number of benzene rings is 2. The van der Waals surface area contributed by atoms with E-state index in [0.29, 0.717) is 18.0 Å². The average Bonchev–Trinajstić information content (AvgIpc) is 3.27. The first-order valence-electron chi connectivity index (χ1n) is 10.4. The van der Waals surface area contributed by atoms with Crippen molar-refractivity contribution in [1.82, 2.24) is 10.3 Å². The number of hydrogen-bond acceptors (Lipinski definition) is 5. The molecular formula is C24H22F3N3O3. The number of para-hydroxylation sites is 1. The first kappa shape index (κ1) is 22.4. The van der Waals surface area contributed by atoms with Gasteiger partial charge < -0.3 is 19.7 Å². The van der Waals surface area contributed by atoms with Gasteiger partial charge in [-0.1, -0.05) is 24.3 Å². The van der Waals surface area contributed by atoms with Gasteiger partial charge in [0.05, 0.1) is 6.20 Å². The largest absolute Gasteiger partial charge is 0.484 e. The van der Waals surface area contributed by atoms with Gasteiger partial charge in [0.25, 0.3) is 5.91 Å². The molecule has 1 aromatic heterocycles. The summed E-state index contributed by atoms with van der Waals surface area (Å²) in [6.45, 7) is 1.32. The molecule has 0 spiro atoms. The smallest absolute Gasteiger partial charge is 0.433 e. The zero-order valence-corrected chi connectivity index (χ0v) is 17.6. The van der Waals surface area contributed by atoms with Crippen molar-refractivity contribution in [2.24, 2.45) is 0 Å². The highest BCUT2D eigenvalue weighted by Gasteiger charge is 2.32. The summed E-state index contributed by atoms with van der Waals surface area (Å²) in [5, 5.41) is 2.98. The van der Waals surface area contributed by atoms with Gasteiger partial charge >= 0.3 is 6.18 Å². The van der Waals surface area contributed by atoms with Crippen LogP contribution in [0.1, 0.15) is 12.1 Å². The van der Waals surface area contributed by atoms with Crippen molar-refractivity contribution in [1.29, 1.82) is 0 Å². The Labute approximate surface area is 189 Å². The van der Waals surface area contributed by atoms with Gasteiger partial charge in [-0.2, -0.15) is 13.2 Å². The maximum Gasteiger partial charge on any atom is 0.433 e. The first-order valence-corrected chi connectivity index (χ1v) is 10.4. The van der Waals surface area contributed by atoms with Crippen LogP contribution in [0.3, 0.4) is 0 Å². The number of rotatable bonds is 7. The number of halogens is 3. The number of hydrogen-bond donors (Lipinski definition) is 1. The van der Waals surface area contributed by atoms with Crippen molar-refractivity contribution >= 4 is 11.6 Å². The first-order chi connectivity index (χ1) is 15.9. The molecule has 1 N–H and O–H groups in total. The van der Waals surface area contributed by atoms with Gasteiger partial charge in [0.15, 0.2) is 6.61 Å². The number of alkyl halides is 3. The molecule has 2 aromatic carbocycles. The molecule has 6 nitrogen and oxygen atoms in total. The molecule has 1 amide bonds. The van der Waals surface area contributed by atoms with Gasteiger partial charge in [-0.3, -0.25) is 4.79 Å². The van der Waals surface area contributed by atoms with E-state index in [1.807, 2.05) is 30.3 Å². The van der Waals surface area contributed by atoms with Crippen LogP contribution < -0.4 is 19.7 Å². The number of nitrogens with zero attached hydrogens (tertiary/aromatic N) is 2. The Balaban J connectivity index is 1.30. The molecule has 33 heavy (non-hydrogen) atoms. The van der Waals surface area contributed by atoms with Crippen molar-refractivity contribution < 1.29 is 27.4 Å². The SMILES string of the molecule is O=C(COc1ccccc1)NC1CCN(c2cccc(Oc3ccc(C(F)(F)F)nc3)c2)C1. The number of pyridine rings is 1. The third-order valence-electron chi connectivity index (χ3n) is 5.11. The summed E-state index contributed by atoms with van der Waals surface area (Å²) < 4.78 is 49.1. The second kappa shape index (κ2) is 9.81. The molecule has 3 aromatic rings. The number of nitrogens with one attached hydrogen (secondary N) is 1. The minimum absolute atomic E-state index is 0.0134. The van der Waals surface area contributed by atoms with E-state index < -0.39 is 11.9 Å². The van der Waals surface area contributed by atoms with E-state index in [4.69, 9.17) is 9.47 Å². The quantitative estimate of drug-likeness (QED) is 0.559. The third-order valence-corrected chi connectivity index (χ3v) is 5.11. The molecular weight excluding hydrogens is 435 g/mol. The van der Waals surface area contributed by atoms with Crippen LogP contribution in [0.25, 0.3) is 0 Å². The van der Waals surface area contributed by atoms with Gasteiger partial charge in [0.1, 0.15) is 22.9 Å². The number of carbonyl (C=O) groups excluding carboxylic acids is 1. The highest BCUT2D eigenvalue weighted by Crippen LogP contribution is 2.31. The Hall–Kier alpha value is -3.75. The van der Waals surface area contributed by atoms with Crippen LogP contribution in [0.5, 0.6) is 17.2 Å². The van der Waals surface area contributed by atoms with Crippen molar-refractivity contribution in [3.05, 3.63) is 78.6 Å². The van der Waals surface area contributed by atoms with Gasteiger partial charge in [-0.25, -0.2) is 4.98 Å². The lowest BCUT2D eigenvalue weighted by Gasteiger charge is -2.20. The fraction of sp³-hybridized carbons (Fsp3) is 0.250. The Kier molecular flexibility index (Phi) is 6.67. The summed E-state index contributed by atoms with van der Waals surface area (Å²) in [7, 11) is 0. The van der Waals surface area contributed by atoms with Crippen molar-refractivity contribution in [3.8, 4) is 17.2 Å². The summed E-state index contributed by atoms with van der Waals surface area (Å²) in [5.74, 6) is 1.15. The minimum atomic E-state index is -4.49. The van der Waals surface area contributed by atoms with Gasteiger partial charge in [0.2, 0.25) is 0 Å². The van der Waals surface area contributed by atoms with Gasteiger partial charge in [-0.05, 0) is 42.8 Å². The number of anilines is 1. The van der Waals surface area contributed by atoms with Crippen LogP contribution in [0.15, 0.2) is 72.9 Å². The molecule has 0 saturated carbocycles. The van der Waals surface area contributed by atoms with E-state index in [2.05, 4.69) is 15.2 Å². The summed E-state index contributed by atoms with van der Waals surface area (Å²) in [4.78, 5) is 17.7. The molecule has 4 rings (SSSR count). The molecule has 1 aliphatic heterocycles. The van der Waals surface area contributed by atoms with Gasteiger partial charge in [-0.15, -0.1) is 0 Å². The Morgan fingerprint density at radius 1 is 1.03 bits per heavy atom. The molecule has 0 radical (unpaired) electrons. The highest BCUT2D eigenvalue weighted by molar-refractivity contribution is 5.78. The topological polar surface area (TPSA) is 63.7 Å². The number of aromatic nitrogens is 1. The maximum atomic E-state index is 12.7. The normalized spacial score (nSPS) is 15.8. The standard InChI is InChI=1S/C24H22F3N3O3/c25-24(26,27)22-10-9-21(14-28-22)33-20-8-4-5-18(13-20)30-12-11-17(15-30)29-23(31)16-32-19-6-2-1-3-7-19/h1-10,13-14,17H,11-12,15-16H2,(H,29,31). The van der Waals surface area contributed by atoms with E-state index in [0.717, 1.165) is 30.9 Å². The summed E-state index contributed by atoms with van der Waals surface area (Å²) in [6, 6.07) is 18.5. The lowest BCUT2D eigenvalue weighted by Crippen LogP contribution is -2.39. The lowest BCUT2D eigenvalue weighted by atomic mass is 10.2. The molecule has 2 heterocycles. The van der Waals surface area contributed by atoms with Crippen LogP contribution in [-0.4, -0.2) is 36.6 Å². The Morgan fingerprint density at radius 2 is 1.82 bits per heavy atom. The van der Waals surface area contributed by atoms with E-state index >= 15 is 0 Å². The number of amides is 1.